The van der Waals surface area contributed by atoms with Gasteiger partial charge in [0, 0.05) is 34.6 Å². The standard InChI is InChI=1S/C21H13FN8S/c22-17-4-3-16(31-17)12-8-25-9-15-18(12)28-21(27-15)20-19-14(29-30-20)2-1-13(26-19)10-5-11(23)7-24-6-10/h1-9H,23H2,(H,27,28)(H,29,30). The van der Waals surface area contributed by atoms with Gasteiger partial charge in [-0.15, -0.1) is 11.3 Å². The van der Waals surface area contributed by atoms with Gasteiger partial charge in [0.05, 0.1) is 28.6 Å². The summed E-state index contributed by atoms with van der Waals surface area (Å²) in [4.78, 5) is 21.9. The molecular weight excluding hydrogens is 415 g/mol. The Kier molecular flexibility index (Phi) is 3.80. The second kappa shape index (κ2) is 6.67. The predicted octanol–water partition coefficient (Wildman–Crippen LogP) is 4.41. The molecule has 31 heavy (non-hydrogen) atoms. The molecule has 0 aliphatic rings. The second-order valence-electron chi connectivity index (χ2n) is 6.94. The number of pyridine rings is 3. The van der Waals surface area contributed by atoms with Crippen molar-refractivity contribution in [1.82, 2.24) is 35.1 Å². The molecule has 6 rings (SSSR count). The second-order valence-corrected chi connectivity index (χ2v) is 7.98. The summed E-state index contributed by atoms with van der Waals surface area (Å²) in [5.41, 5.74) is 12.2. The molecule has 6 aromatic rings. The molecule has 10 heteroatoms. The molecule has 0 fully saturated rings. The summed E-state index contributed by atoms with van der Waals surface area (Å²) in [6.07, 6.45) is 6.67. The smallest absolute Gasteiger partial charge is 0.176 e. The third-order valence-corrected chi connectivity index (χ3v) is 5.83. The normalized spacial score (nSPS) is 11.5. The fraction of sp³-hybridized carbons (Fsp3) is 0. The highest BCUT2D eigenvalue weighted by atomic mass is 32.1. The lowest BCUT2D eigenvalue weighted by molar-refractivity contribution is 0.657. The van der Waals surface area contributed by atoms with Crippen LogP contribution in [0.2, 0.25) is 0 Å². The zero-order valence-electron chi connectivity index (χ0n) is 15.8. The third-order valence-electron chi connectivity index (χ3n) is 4.92. The highest BCUT2D eigenvalue weighted by Crippen LogP contribution is 2.34. The molecule has 4 N–H and O–H groups in total. The Labute approximate surface area is 178 Å². The van der Waals surface area contributed by atoms with Crippen LogP contribution < -0.4 is 5.73 Å². The number of hydrogen-bond donors (Lipinski definition) is 3. The minimum absolute atomic E-state index is 0.256. The summed E-state index contributed by atoms with van der Waals surface area (Å²) in [6.45, 7) is 0. The van der Waals surface area contributed by atoms with Gasteiger partial charge < -0.3 is 10.7 Å². The maximum absolute atomic E-state index is 13.6. The van der Waals surface area contributed by atoms with E-state index in [9.17, 15) is 4.39 Å². The van der Waals surface area contributed by atoms with Crippen LogP contribution in [0.1, 0.15) is 0 Å². The number of imidazole rings is 1. The van der Waals surface area contributed by atoms with E-state index in [2.05, 4.69) is 25.1 Å². The highest BCUT2D eigenvalue weighted by molar-refractivity contribution is 7.14. The molecule has 0 aliphatic heterocycles. The fourth-order valence-electron chi connectivity index (χ4n) is 3.51. The van der Waals surface area contributed by atoms with Crippen molar-refractivity contribution in [2.45, 2.75) is 0 Å². The Bertz CT molecular complexity index is 1580. The largest absolute Gasteiger partial charge is 0.397 e. The van der Waals surface area contributed by atoms with Crippen LogP contribution in [0, 0.1) is 5.13 Å². The zero-order chi connectivity index (χ0) is 20.9. The van der Waals surface area contributed by atoms with E-state index in [4.69, 9.17) is 15.7 Å². The van der Waals surface area contributed by atoms with Gasteiger partial charge in [-0.05, 0) is 30.3 Å². The molecule has 0 saturated heterocycles. The summed E-state index contributed by atoms with van der Waals surface area (Å²) >= 11 is 1.05. The molecule has 150 valence electrons. The SMILES string of the molecule is Nc1cncc(-c2ccc3[nH]nc(-c4nc5c(-c6ccc(F)s6)cncc5[nH]4)c3n2)c1. The summed E-state index contributed by atoms with van der Waals surface area (Å²) in [7, 11) is 0. The van der Waals surface area contributed by atoms with Crippen LogP contribution in [0.5, 0.6) is 0 Å². The Morgan fingerprint density at radius 2 is 1.81 bits per heavy atom. The van der Waals surface area contributed by atoms with Gasteiger partial charge in [0.1, 0.15) is 11.0 Å². The van der Waals surface area contributed by atoms with Crippen molar-refractivity contribution < 1.29 is 4.39 Å². The van der Waals surface area contributed by atoms with Crippen LogP contribution in [-0.2, 0) is 0 Å². The van der Waals surface area contributed by atoms with Crippen molar-refractivity contribution in [1.29, 1.82) is 0 Å². The molecule has 0 atom stereocenters. The highest BCUT2D eigenvalue weighted by Gasteiger charge is 2.17. The molecule has 0 unspecified atom stereocenters. The molecule has 8 nitrogen and oxygen atoms in total. The van der Waals surface area contributed by atoms with E-state index < -0.39 is 0 Å². The zero-order valence-corrected chi connectivity index (χ0v) is 16.6. The van der Waals surface area contributed by atoms with Gasteiger partial charge in [-0.2, -0.15) is 9.49 Å². The van der Waals surface area contributed by atoms with Gasteiger partial charge in [0.15, 0.2) is 16.6 Å². The van der Waals surface area contributed by atoms with Crippen LogP contribution in [0.4, 0.5) is 10.1 Å². The number of anilines is 1. The van der Waals surface area contributed by atoms with E-state index in [1.54, 1.807) is 30.9 Å². The van der Waals surface area contributed by atoms with Crippen molar-refractivity contribution in [2.24, 2.45) is 0 Å². The van der Waals surface area contributed by atoms with Crippen molar-refractivity contribution in [3.05, 3.63) is 60.3 Å². The molecule has 0 amide bonds. The molecule has 0 radical (unpaired) electrons. The monoisotopic (exact) mass is 428 g/mol. The van der Waals surface area contributed by atoms with Gasteiger partial charge in [-0.3, -0.25) is 15.1 Å². The number of rotatable bonds is 3. The van der Waals surface area contributed by atoms with Gasteiger partial charge >= 0.3 is 0 Å². The number of H-pyrrole nitrogens is 2. The number of thiophene rings is 1. The third kappa shape index (κ3) is 2.92. The number of fused-ring (bicyclic) bond motifs is 2. The number of nitrogen functional groups attached to an aromatic ring is 1. The number of nitrogens with one attached hydrogen (secondary N) is 2. The molecule has 0 bridgehead atoms. The van der Waals surface area contributed by atoms with Crippen LogP contribution in [-0.4, -0.2) is 35.1 Å². The first-order valence-electron chi connectivity index (χ1n) is 9.31. The number of aromatic nitrogens is 7. The summed E-state index contributed by atoms with van der Waals surface area (Å²) in [5, 5.41) is 7.16. The van der Waals surface area contributed by atoms with Gasteiger partial charge in [0.25, 0.3) is 0 Å². The fourth-order valence-corrected chi connectivity index (χ4v) is 4.25. The average Bonchev–Trinajstić information content (AvgIpc) is 3.50. The Hall–Kier alpha value is -4.18. The van der Waals surface area contributed by atoms with Crippen molar-refractivity contribution >= 4 is 39.1 Å². The minimum Gasteiger partial charge on any atom is -0.397 e. The lowest BCUT2D eigenvalue weighted by atomic mass is 10.1. The Balaban J connectivity index is 1.51. The van der Waals surface area contributed by atoms with E-state index in [0.29, 0.717) is 28.2 Å². The first-order valence-corrected chi connectivity index (χ1v) is 10.1. The van der Waals surface area contributed by atoms with E-state index in [-0.39, 0.29) is 5.13 Å². The number of hydrogen-bond acceptors (Lipinski definition) is 7. The first-order chi connectivity index (χ1) is 15.2. The topological polar surface area (TPSA) is 122 Å². The summed E-state index contributed by atoms with van der Waals surface area (Å²) in [6, 6.07) is 8.76. The number of aromatic amines is 2. The molecule has 0 saturated carbocycles. The van der Waals surface area contributed by atoms with E-state index in [0.717, 1.165) is 44.1 Å². The van der Waals surface area contributed by atoms with Crippen molar-refractivity contribution in [3.8, 4) is 33.2 Å². The number of halogens is 1. The van der Waals surface area contributed by atoms with Crippen molar-refractivity contribution in [3.63, 3.8) is 0 Å². The quantitative estimate of drug-likeness (QED) is 0.384. The average molecular weight is 428 g/mol. The van der Waals surface area contributed by atoms with E-state index in [1.807, 2.05) is 18.2 Å². The maximum atomic E-state index is 13.6. The molecule has 0 aromatic carbocycles. The van der Waals surface area contributed by atoms with Gasteiger partial charge in [-0.25, -0.2) is 9.97 Å². The lowest BCUT2D eigenvalue weighted by Gasteiger charge is -2.02. The van der Waals surface area contributed by atoms with Gasteiger partial charge in [-0.1, -0.05) is 0 Å². The van der Waals surface area contributed by atoms with Crippen molar-refractivity contribution in [2.75, 3.05) is 5.73 Å². The molecule has 0 spiro atoms. The van der Waals surface area contributed by atoms with Crippen LogP contribution in [0.25, 0.3) is 55.3 Å². The first kappa shape index (κ1) is 17.7. The van der Waals surface area contributed by atoms with E-state index >= 15 is 0 Å². The minimum atomic E-state index is -0.256. The summed E-state index contributed by atoms with van der Waals surface area (Å²) < 4.78 is 13.6. The number of nitrogens with two attached hydrogens (primary N) is 1. The predicted molar refractivity (Wildman–Crippen MR) is 118 cm³/mol. The molecule has 6 heterocycles. The van der Waals surface area contributed by atoms with Gasteiger partial charge in [0.2, 0.25) is 0 Å². The van der Waals surface area contributed by atoms with Crippen LogP contribution in [0.3, 0.4) is 0 Å². The van der Waals surface area contributed by atoms with E-state index in [1.165, 1.54) is 6.07 Å². The van der Waals surface area contributed by atoms with Crippen LogP contribution >= 0.6 is 11.3 Å². The molecule has 0 aliphatic carbocycles. The Morgan fingerprint density at radius 3 is 2.65 bits per heavy atom. The molecule has 6 aromatic heterocycles. The maximum Gasteiger partial charge on any atom is 0.176 e. The van der Waals surface area contributed by atoms with Crippen LogP contribution in [0.15, 0.2) is 55.1 Å². The Morgan fingerprint density at radius 1 is 0.903 bits per heavy atom. The summed E-state index contributed by atoms with van der Waals surface area (Å²) in [5.74, 6) is 0.544. The number of nitrogens with zero attached hydrogens (tertiary/aromatic N) is 5. The lowest BCUT2D eigenvalue weighted by Crippen LogP contribution is -1.90. The molecular formula is C21H13FN8S.